The number of aromatic nitrogens is 3. The molecule has 1 aromatic carbocycles. The summed E-state index contributed by atoms with van der Waals surface area (Å²) in [5, 5.41) is 10.8. The predicted molar refractivity (Wildman–Crippen MR) is 89.6 cm³/mol. The standard InChI is InChI=1S/C15H19BrN6/c1-17-15(18-8-14-19-9-20-22(14)2)21-13-7-12(13)10-3-5-11(16)6-4-10/h3-6,9,12-13H,7-8H2,1-2H3,(H2,17,18,21). The second-order valence-corrected chi connectivity index (χ2v) is 6.29. The Balaban J connectivity index is 1.52. The van der Waals surface area contributed by atoms with Crippen molar-refractivity contribution in [3.05, 3.63) is 46.5 Å². The Labute approximate surface area is 138 Å². The molecule has 0 radical (unpaired) electrons. The molecule has 1 aliphatic carbocycles. The lowest BCUT2D eigenvalue weighted by Gasteiger charge is -2.11. The summed E-state index contributed by atoms with van der Waals surface area (Å²) >= 11 is 3.47. The van der Waals surface area contributed by atoms with Crippen LogP contribution in [0.3, 0.4) is 0 Å². The fourth-order valence-corrected chi connectivity index (χ4v) is 2.71. The normalized spacial score (nSPS) is 20.8. The van der Waals surface area contributed by atoms with E-state index < -0.39 is 0 Å². The molecule has 0 bridgehead atoms. The fourth-order valence-electron chi connectivity index (χ4n) is 2.45. The van der Waals surface area contributed by atoms with Crippen molar-refractivity contribution < 1.29 is 0 Å². The van der Waals surface area contributed by atoms with Crippen molar-refractivity contribution in [1.82, 2.24) is 25.4 Å². The van der Waals surface area contributed by atoms with Crippen LogP contribution in [0.5, 0.6) is 0 Å². The minimum absolute atomic E-state index is 0.437. The SMILES string of the molecule is CN=C(NCc1ncnn1C)NC1CC1c1ccc(Br)cc1. The third-order valence-electron chi connectivity index (χ3n) is 3.85. The molecule has 0 spiro atoms. The third kappa shape index (κ3) is 3.47. The van der Waals surface area contributed by atoms with Crippen LogP contribution in [0.15, 0.2) is 40.1 Å². The zero-order chi connectivity index (χ0) is 15.5. The van der Waals surface area contributed by atoms with Gasteiger partial charge in [-0.1, -0.05) is 28.1 Å². The average Bonchev–Trinajstić information content (AvgIpc) is 3.17. The number of aryl methyl sites for hydroxylation is 1. The first kappa shape index (κ1) is 15.0. The number of hydrogen-bond donors (Lipinski definition) is 2. The number of rotatable bonds is 4. The number of nitrogens with zero attached hydrogens (tertiary/aromatic N) is 4. The van der Waals surface area contributed by atoms with E-state index in [4.69, 9.17) is 0 Å². The first-order valence-corrected chi connectivity index (χ1v) is 8.02. The van der Waals surface area contributed by atoms with Crippen LogP contribution >= 0.6 is 15.9 Å². The maximum absolute atomic E-state index is 4.27. The molecule has 1 heterocycles. The van der Waals surface area contributed by atoms with Gasteiger partial charge in [0.15, 0.2) is 5.96 Å². The van der Waals surface area contributed by atoms with Crippen molar-refractivity contribution >= 4 is 21.9 Å². The highest BCUT2D eigenvalue weighted by molar-refractivity contribution is 9.10. The molecule has 1 saturated carbocycles. The maximum atomic E-state index is 4.27. The summed E-state index contributed by atoms with van der Waals surface area (Å²) in [7, 11) is 3.66. The van der Waals surface area contributed by atoms with E-state index in [0.29, 0.717) is 18.5 Å². The highest BCUT2D eigenvalue weighted by Gasteiger charge is 2.38. The smallest absolute Gasteiger partial charge is 0.191 e. The van der Waals surface area contributed by atoms with Gasteiger partial charge >= 0.3 is 0 Å². The van der Waals surface area contributed by atoms with E-state index in [-0.39, 0.29) is 0 Å². The summed E-state index contributed by atoms with van der Waals surface area (Å²) in [6.45, 7) is 0.603. The van der Waals surface area contributed by atoms with E-state index in [9.17, 15) is 0 Å². The van der Waals surface area contributed by atoms with Crippen molar-refractivity contribution in [1.29, 1.82) is 0 Å². The van der Waals surface area contributed by atoms with Gasteiger partial charge < -0.3 is 10.6 Å². The Morgan fingerprint density at radius 1 is 1.41 bits per heavy atom. The Morgan fingerprint density at radius 2 is 2.18 bits per heavy atom. The molecule has 2 N–H and O–H groups in total. The van der Waals surface area contributed by atoms with E-state index in [1.165, 1.54) is 5.56 Å². The molecule has 116 valence electrons. The van der Waals surface area contributed by atoms with E-state index in [1.54, 1.807) is 18.1 Å². The van der Waals surface area contributed by atoms with E-state index in [1.807, 2.05) is 7.05 Å². The highest BCUT2D eigenvalue weighted by Crippen LogP contribution is 2.40. The molecule has 3 rings (SSSR count). The molecule has 7 heteroatoms. The predicted octanol–water partition coefficient (Wildman–Crippen LogP) is 1.80. The fraction of sp³-hybridized carbons (Fsp3) is 0.400. The summed E-state index contributed by atoms with van der Waals surface area (Å²) in [5.74, 6) is 2.23. The maximum Gasteiger partial charge on any atom is 0.191 e. The number of benzene rings is 1. The Hall–Kier alpha value is -1.89. The van der Waals surface area contributed by atoms with Crippen molar-refractivity contribution in [2.45, 2.75) is 24.9 Å². The van der Waals surface area contributed by atoms with Crippen molar-refractivity contribution in [3.8, 4) is 0 Å². The molecule has 0 amide bonds. The summed E-state index contributed by atoms with van der Waals surface area (Å²) in [4.78, 5) is 8.46. The van der Waals surface area contributed by atoms with Crippen LogP contribution in [-0.4, -0.2) is 33.8 Å². The third-order valence-corrected chi connectivity index (χ3v) is 4.38. The highest BCUT2D eigenvalue weighted by atomic mass is 79.9. The summed E-state index contributed by atoms with van der Waals surface area (Å²) in [6.07, 6.45) is 2.68. The number of halogens is 1. The summed E-state index contributed by atoms with van der Waals surface area (Å²) in [5.41, 5.74) is 1.37. The van der Waals surface area contributed by atoms with Crippen LogP contribution in [0.4, 0.5) is 0 Å². The first-order valence-electron chi connectivity index (χ1n) is 7.23. The topological polar surface area (TPSA) is 67.1 Å². The van der Waals surface area contributed by atoms with Crippen LogP contribution < -0.4 is 10.6 Å². The largest absolute Gasteiger partial charge is 0.353 e. The van der Waals surface area contributed by atoms with E-state index in [2.05, 4.69) is 65.9 Å². The van der Waals surface area contributed by atoms with E-state index >= 15 is 0 Å². The molecular weight excluding hydrogens is 344 g/mol. The van der Waals surface area contributed by atoms with Gasteiger partial charge in [-0.25, -0.2) is 4.98 Å². The summed E-state index contributed by atoms with van der Waals surface area (Å²) < 4.78 is 2.87. The van der Waals surface area contributed by atoms with Gasteiger partial charge in [0.05, 0.1) is 6.54 Å². The number of aliphatic imine (C=N–C) groups is 1. The van der Waals surface area contributed by atoms with Gasteiger partial charge in [0.2, 0.25) is 0 Å². The van der Waals surface area contributed by atoms with Gasteiger partial charge in [0, 0.05) is 30.5 Å². The zero-order valence-electron chi connectivity index (χ0n) is 12.6. The second kappa shape index (κ2) is 6.48. The number of hydrogen-bond acceptors (Lipinski definition) is 3. The Kier molecular flexibility index (Phi) is 4.42. The lowest BCUT2D eigenvalue weighted by molar-refractivity contribution is 0.671. The van der Waals surface area contributed by atoms with Gasteiger partial charge in [-0.15, -0.1) is 0 Å². The molecule has 2 aromatic rings. The minimum atomic E-state index is 0.437. The molecule has 22 heavy (non-hydrogen) atoms. The van der Waals surface area contributed by atoms with Crippen molar-refractivity contribution in [2.24, 2.45) is 12.0 Å². The molecular formula is C15H19BrN6. The Morgan fingerprint density at radius 3 is 2.82 bits per heavy atom. The quantitative estimate of drug-likeness (QED) is 0.642. The van der Waals surface area contributed by atoms with Crippen molar-refractivity contribution in [2.75, 3.05) is 7.05 Å². The van der Waals surface area contributed by atoms with E-state index in [0.717, 1.165) is 22.7 Å². The van der Waals surface area contributed by atoms with Crippen molar-refractivity contribution in [3.63, 3.8) is 0 Å². The summed E-state index contributed by atoms with van der Waals surface area (Å²) in [6, 6.07) is 8.96. The number of guanidine groups is 1. The lowest BCUT2D eigenvalue weighted by Crippen LogP contribution is -2.39. The Bertz CT molecular complexity index is 663. The van der Waals surface area contributed by atoms with Gasteiger partial charge in [-0.05, 0) is 24.1 Å². The zero-order valence-corrected chi connectivity index (χ0v) is 14.2. The molecule has 2 atom stereocenters. The van der Waals surface area contributed by atoms with Crippen LogP contribution in [0, 0.1) is 0 Å². The molecule has 1 aliphatic rings. The van der Waals surface area contributed by atoms with Gasteiger partial charge in [0.1, 0.15) is 12.2 Å². The van der Waals surface area contributed by atoms with Crippen LogP contribution in [0.25, 0.3) is 0 Å². The average molecular weight is 363 g/mol. The number of nitrogens with one attached hydrogen (secondary N) is 2. The molecule has 6 nitrogen and oxygen atoms in total. The molecule has 0 aliphatic heterocycles. The molecule has 1 aromatic heterocycles. The van der Waals surface area contributed by atoms with Crippen LogP contribution in [0.2, 0.25) is 0 Å². The molecule has 1 fully saturated rings. The van der Waals surface area contributed by atoms with Gasteiger partial charge in [-0.3, -0.25) is 9.67 Å². The van der Waals surface area contributed by atoms with Crippen LogP contribution in [0.1, 0.15) is 23.7 Å². The molecule has 2 unspecified atom stereocenters. The lowest BCUT2D eigenvalue weighted by atomic mass is 10.1. The second-order valence-electron chi connectivity index (χ2n) is 5.37. The first-order chi connectivity index (χ1) is 10.7. The van der Waals surface area contributed by atoms with Crippen LogP contribution in [-0.2, 0) is 13.6 Å². The van der Waals surface area contributed by atoms with Gasteiger partial charge in [0.25, 0.3) is 0 Å². The monoisotopic (exact) mass is 362 g/mol. The molecule has 0 saturated heterocycles. The van der Waals surface area contributed by atoms with Gasteiger partial charge in [-0.2, -0.15) is 5.10 Å². The minimum Gasteiger partial charge on any atom is -0.353 e.